The van der Waals surface area contributed by atoms with E-state index in [2.05, 4.69) is 32.2 Å². The molecule has 0 heterocycles. The summed E-state index contributed by atoms with van der Waals surface area (Å²) in [6.45, 7) is 6.02. The van der Waals surface area contributed by atoms with Crippen LogP contribution >= 0.6 is 12.6 Å². The molecule has 0 radical (unpaired) electrons. The van der Waals surface area contributed by atoms with Gasteiger partial charge in [0.2, 0.25) is 0 Å². The predicted molar refractivity (Wildman–Crippen MR) is 49.4 cm³/mol. The first-order valence-electron chi connectivity index (χ1n) is 3.43. The van der Waals surface area contributed by atoms with Crippen LogP contribution in [0.15, 0.2) is 36.5 Å². The first-order chi connectivity index (χ1) is 4.72. The zero-order valence-electron chi connectivity index (χ0n) is 6.12. The lowest BCUT2D eigenvalue weighted by molar-refractivity contribution is 0.765. The summed E-state index contributed by atoms with van der Waals surface area (Å²) in [5.74, 6) is 0.424. The van der Waals surface area contributed by atoms with Gasteiger partial charge in [0.25, 0.3) is 0 Å². The van der Waals surface area contributed by atoms with Crippen LogP contribution in [0, 0.1) is 5.92 Å². The molecule has 0 aromatic heterocycles. The van der Waals surface area contributed by atoms with E-state index in [-0.39, 0.29) is 0 Å². The molecule has 0 amide bonds. The Morgan fingerprint density at radius 3 is 2.70 bits per heavy atom. The third-order valence-corrected chi connectivity index (χ3v) is 2.01. The van der Waals surface area contributed by atoms with Gasteiger partial charge in [0.1, 0.15) is 0 Å². The van der Waals surface area contributed by atoms with Gasteiger partial charge in [0.05, 0.1) is 0 Å². The van der Waals surface area contributed by atoms with Crippen molar-refractivity contribution < 1.29 is 0 Å². The lowest BCUT2D eigenvalue weighted by Gasteiger charge is -2.18. The fourth-order valence-corrected chi connectivity index (χ4v) is 1.36. The second-order valence-electron chi connectivity index (χ2n) is 2.59. The van der Waals surface area contributed by atoms with Crippen LogP contribution in [0.2, 0.25) is 0 Å². The molecule has 0 aromatic carbocycles. The van der Waals surface area contributed by atoms with Crippen molar-refractivity contribution in [1.82, 2.24) is 0 Å². The van der Waals surface area contributed by atoms with E-state index in [9.17, 15) is 0 Å². The Hall–Kier alpha value is -0.430. The molecule has 0 spiro atoms. The number of allylic oxidation sites excluding steroid dienone is 5. The first-order valence-corrected chi connectivity index (χ1v) is 3.95. The Labute approximate surface area is 67.7 Å². The van der Waals surface area contributed by atoms with E-state index >= 15 is 0 Å². The maximum absolute atomic E-state index is 4.35. The van der Waals surface area contributed by atoms with Gasteiger partial charge in [-0.15, -0.1) is 0 Å². The molecular formula is C9H12S. The van der Waals surface area contributed by atoms with Gasteiger partial charge in [-0.1, -0.05) is 37.8 Å². The lowest BCUT2D eigenvalue weighted by Crippen LogP contribution is -2.11. The monoisotopic (exact) mass is 152 g/mol. The number of hydrogen-bond acceptors (Lipinski definition) is 1. The normalized spacial score (nSPS) is 27.0. The van der Waals surface area contributed by atoms with Crippen molar-refractivity contribution in [3.05, 3.63) is 36.5 Å². The molecule has 0 N–H and O–H groups in total. The van der Waals surface area contributed by atoms with Gasteiger partial charge in [-0.05, 0) is 5.57 Å². The van der Waals surface area contributed by atoms with Crippen LogP contribution in [0.4, 0.5) is 0 Å². The summed E-state index contributed by atoms with van der Waals surface area (Å²) >= 11 is 4.35. The van der Waals surface area contributed by atoms with Crippen molar-refractivity contribution in [3.8, 4) is 0 Å². The van der Waals surface area contributed by atoms with Crippen LogP contribution in [0.25, 0.3) is 0 Å². The Bertz CT molecular complexity index is 187. The fourth-order valence-electron chi connectivity index (χ4n) is 1.07. The highest BCUT2D eigenvalue weighted by atomic mass is 32.1. The molecule has 10 heavy (non-hydrogen) atoms. The third-order valence-electron chi connectivity index (χ3n) is 1.69. The van der Waals surface area contributed by atoms with E-state index in [1.54, 1.807) is 0 Å². The van der Waals surface area contributed by atoms with Crippen LogP contribution < -0.4 is 0 Å². The summed E-state index contributed by atoms with van der Waals surface area (Å²) in [7, 11) is 0. The predicted octanol–water partition coefficient (Wildman–Crippen LogP) is 2.60. The molecule has 1 heteroatoms. The van der Waals surface area contributed by atoms with E-state index in [0.717, 1.165) is 5.57 Å². The SMILES string of the molecule is C=C1C=CC=CC1C(C)S. The Morgan fingerprint density at radius 2 is 2.30 bits per heavy atom. The first kappa shape index (κ1) is 7.67. The van der Waals surface area contributed by atoms with Crippen LogP contribution in [-0.2, 0) is 0 Å². The molecule has 1 aliphatic rings. The second-order valence-corrected chi connectivity index (χ2v) is 3.40. The molecule has 0 nitrogen and oxygen atoms in total. The van der Waals surface area contributed by atoms with Gasteiger partial charge in [-0.25, -0.2) is 0 Å². The smallest absolute Gasteiger partial charge is 0.0129 e. The molecule has 0 saturated carbocycles. The van der Waals surface area contributed by atoms with E-state index < -0.39 is 0 Å². The molecule has 1 aliphatic carbocycles. The highest BCUT2D eigenvalue weighted by Crippen LogP contribution is 2.23. The van der Waals surface area contributed by atoms with Crippen molar-refractivity contribution in [2.75, 3.05) is 0 Å². The minimum absolute atomic E-state index is 0.369. The maximum atomic E-state index is 4.35. The standard InChI is InChI=1S/C9H12S/c1-7-5-3-4-6-9(7)8(2)10/h3-6,8-10H,1H2,2H3. The topological polar surface area (TPSA) is 0 Å². The average Bonchev–Trinajstić information content (AvgIpc) is 1.88. The molecule has 2 atom stereocenters. The quantitative estimate of drug-likeness (QED) is 0.549. The summed E-state index contributed by atoms with van der Waals surface area (Å²) in [5.41, 5.74) is 1.16. The fraction of sp³-hybridized carbons (Fsp3) is 0.333. The summed E-state index contributed by atoms with van der Waals surface area (Å²) in [6, 6.07) is 0. The highest BCUT2D eigenvalue weighted by molar-refractivity contribution is 7.80. The number of hydrogen-bond donors (Lipinski definition) is 1. The van der Waals surface area contributed by atoms with Gasteiger partial charge in [0, 0.05) is 11.2 Å². The lowest BCUT2D eigenvalue weighted by atomic mass is 9.93. The van der Waals surface area contributed by atoms with E-state index in [1.165, 1.54) is 0 Å². The van der Waals surface area contributed by atoms with Gasteiger partial charge < -0.3 is 0 Å². The van der Waals surface area contributed by atoms with Gasteiger partial charge in [0.15, 0.2) is 0 Å². The maximum Gasteiger partial charge on any atom is 0.0129 e. The van der Waals surface area contributed by atoms with E-state index in [0.29, 0.717) is 11.2 Å². The Kier molecular flexibility index (Phi) is 2.39. The molecule has 0 saturated heterocycles. The molecule has 54 valence electrons. The summed E-state index contributed by atoms with van der Waals surface area (Å²) in [5, 5.41) is 0.369. The van der Waals surface area contributed by atoms with Crippen LogP contribution in [0.3, 0.4) is 0 Å². The molecule has 0 bridgehead atoms. The van der Waals surface area contributed by atoms with Gasteiger partial charge in [-0.3, -0.25) is 0 Å². The van der Waals surface area contributed by atoms with Crippen molar-refractivity contribution in [3.63, 3.8) is 0 Å². The molecule has 1 rings (SSSR count). The minimum atomic E-state index is 0.369. The Morgan fingerprint density at radius 1 is 1.60 bits per heavy atom. The van der Waals surface area contributed by atoms with Crippen molar-refractivity contribution in [2.24, 2.45) is 5.92 Å². The van der Waals surface area contributed by atoms with Crippen LogP contribution in [-0.4, -0.2) is 5.25 Å². The molecule has 0 aromatic rings. The van der Waals surface area contributed by atoms with E-state index in [1.807, 2.05) is 18.2 Å². The third kappa shape index (κ3) is 1.54. The number of thiol groups is 1. The van der Waals surface area contributed by atoms with Gasteiger partial charge in [-0.2, -0.15) is 12.6 Å². The zero-order valence-corrected chi connectivity index (χ0v) is 7.01. The van der Waals surface area contributed by atoms with Gasteiger partial charge >= 0.3 is 0 Å². The van der Waals surface area contributed by atoms with Crippen LogP contribution in [0.5, 0.6) is 0 Å². The van der Waals surface area contributed by atoms with Crippen molar-refractivity contribution in [2.45, 2.75) is 12.2 Å². The molecule has 2 unspecified atom stereocenters. The number of rotatable bonds is 1. The van der Waals surface area contributed by atoms with Crippen molar-refractivity contribution >= 4 is 12.6 Å². The van der Waals surface area contributed by atoms with Crippen LogP contribution in [0.1, 0.15) is 6.92 Å². The second kappa shape index (κ2) is 3.11. The highest BCUT2D eigenvalue weighted by Gasteiger charge is 2.13. The molecule has 0 fully saturated rings. The summed E-state index contributed by atoms with van der Waals surface area (Å²) < 4.78 is 0. The molecular weight excluding hydrogens is 140 g/mol. The summed E-state index contributed by atoms with van der Waals surface area (Å²) in [6.07, 6.45) is 8.23. The molecule has 0 aliphatic heterocycles. The van der Waals surface area contributed by atoms with E-state index in [4.69, 9.17) is 0 Å². The minimum Gasteiger partial charge on any atom is -0.175 e. The largest absolute Gasteiger partial charge is 0.175 e. The average molecular weight is 152 g/mol. The summed E-state index contributed by atoms with van der Waals surface area (Å²) in [4.78, 5) is 0. The zero-order chi connectivity index (χ0) is 7.56. The van der Waals surface area contributed by atoms with Crippen molar-refractivity contribution in [1.29, 1.82) is 0 Å². The Balaban J connectivity index is 2.70.